The van der Waals surface area contributed by atoms with Crippen LogP contribution in [0.25, 0.3) is 0 Å². The van der Waals surface area contributed by atoms with Crippen LogP contribution in [-0.4, -0.2) is 29.4 Å². The second-order valence-electron chi connectivity index (χ2n) is 5.17. The number of hydrogen-bond donors (Lipinski definition) is 2. The van der Waals surface area contributed by atoms with Gasteiger partial charge in [0, 0.05) is 33.4 Å². The zero-order valence-corrected chi connectivity index (χ0v) is 15.2. The van der Waals surface area contributed by atoms with Crippen LogP contribution in [0.15, 0.2) is 42.5 Å². The first kappa shape index (κ1) is 19.0. The lowest BCUT2D eigenvalue weighted by molar-refractivity contribution is 0.0845. The fraction of sp³-hybridized carbons (Fsp3) is 0.176. The number of nitrogens with one attached hydrogen (secondary N) is 2. The van der Waals surface area contributed by atoms with Crippen LogP contribution in [0, 0.1) is 0 Å². The molecule has 1 atom stereocenters. The smallest absolute Gasteiger partial charge is 0.273 e. The number of ether oxygens (including phenoxy) is 1. The van der Waals surface area contributed by atoms with E-state index in [9.17, 15) is 13.8 Å². The van der Waals surface area contributed by atoms with E-state index in [-0.39, 0.29) is 5.56 Å². The van der Waals surface area contributed by atoms with E-state index in [1.54, 1.807) is 42.7 Å². The van der Waals surface area contributed by atoms with Gasteiger partial charge in [-0.05, 0) is 35.9 Å². The fourth-order valence-corrected chi connectivity index (χ4v) is 2.97. The van der Waals surface area contributed by atoms with Crippen molar-refractivity contribution in [2.24, 2.45) is 0 Å². The summed E-state index contributed by atoms with van der Waals surface area (Å²) in [7, 11) is 0.424. The van der Waals surface area contributed by atoms with Gasteiger partial charge < -0.3 is 4.74 Å². The minimum absolute atomic E-state index is 0.199. The molecular weight excluding hydrogens is 364 g/mol. The van der Waals surface area contributed by atoms with Gasteiger partial charge in [-0.15, -0.1) is 0 Å². The normalized spacial score (nSPS) is 11.5. The molecule has 2 N–H and O–H groups in total. The Morgan fingerprint density at radius 1 is 1.12 bits per heavy atom. The summed E-state index contributed by atoms with van der Waals surface area (Å²) in [5.41, 5.74) is 5.98. The summed E-state index contributed by atoms with van der Waals surface area (Å²) in [5.74, 6) is -0.354. The van der Waals surface area contributed by atoms with Crippen molar-refractivity contribution in [2.75, 3.05) is 13.4 Å². The summed E-state index contributed by atoms with van der Waals surface area (Å²) < 4.78 is 16.4. The van der Waals surface area contributed by atoms with E-state index in [2.05, 4.69) is 10.9 Å². The Kier molecular flexibility index (Phi) is 6.55. The summed E-state index contributed by atoms with van der Waals surface area (Å²) in [6, 6.07) is 11.3. The van der Waals surface area contributed by atoms with Gasteiger partial charge in [-0.2, -0.15) is 0 Å². The second kappa shape index (κ2) is 8.64. The molecule has 0 heterocycles. The Morgan fingerprint density at radius 2 is 1.84 bits per heavy atom. The van der Waals surface area contributed by atoms with Crippen molar-refractivity contribution in [3.63, 3.8) is 0 Å². The molecule has 0 aromatic heterocycles. The minimum atomic E-state index is -1.01. The summed E-state index contributed by atoms with van der Waals surface area (Å²) in [4.78, 5) is 24.4. The van der Waals surface area contributed by atoms with Gasteiger partial charge >= 0.3 is 0 Å². The molecule has 0 aliphatic carbocycles. The third-order valence-corrected chi connectivity index (χ3v) is 4.23. The molecule has 0 aliphatic rings. The van der Waals surface area contributed by atoms with E-state index >= 15 is 0 Å². The van der Waals surface area contributed by atoms with Gasteiger partial charge in [0.1, 0.15) is 5.75 Å². The van der Waals surface area contributed by atoms with Crippen molar-refractivity contribution in [3.8, 4) is 5.75 Å². The average molecular weight is 381 g/mol. The van der Waals surface area contributed by atoms with Crippen LogP contribution >= 0.6 is 11.6 Å². The average Bonchev–Trinajstić information content (AvgIpc) is 2.59. The van der Waals surface area contributed by atoms with E-state index in [0.717, 1.165) is 5.56 Å². The quantitative estimate of drug-likeness (QED) is 0.779. The standard InChI is InChI=1S/C17H17ClN2O4S/c1-24-15-7-6-13(18)9-14(15)17(22)20-19-16(21)12-5-3-4-11(8-12)10-25(2)23/h3-9H,10H2,1-2H3,(H,19,21)(H,20,22)/t25-/m0/s1. The first-order chi connectivity index (χ1) is 11.9. The molecule has 25 heavy (non-hydrogen) atoms. The topological polar surface area (TPSA) is 84.5 Å². The Morgan fingerprint density at radius 3 is 2.52 bits per heavy atom. The van der Waals surface area contributed by atoms with Crippen LogP contribution in [0.1, 0.15) is 26.3 Å². The van der Waals surface area contributed by atoms with E-state index < -0.39 is 22.6 Å². The number of hydrogen-bond acceptors (Lipinski definition) is 4. The molecule has 2 rings (SSSR count). The highest BCUT2D eigenvalue weighted by Crippen LogP contribution is 2.22. The molecule has 2 aromatic rings. The summed E-state index contributed by atoms with van der Waals surface area (Å²) in [6.07, 6.45) is 1.59. The molecule has 132 valence electrons. The number of rotatable bonds is 5. The summed E-state index contributed by atoms with van der Waals surface area (Å²) in [6.45, 7) is 0. The fourth-order valence-electron chi connectivity index (χ4n) is 2.15. The van der Waals surface area contributed by atoms with E-state index in [0.29, 0.717) is 22.1 Å². The summed E-state index contributed by atoms with van der Waals surface area (Å²) in [5, 5.41) is 0.373. The van der Waals surface area contributed by atoms with Gasteiger partial charge in [0.15, 0.2) is 0 Å². The molecule has 0 spiro atoms. The first-order valence-corrected chi connectivity index (χ1v) is 9.34. The van der Waals surface area contributed by atoms with E-state index in [1.807, 2.05) is 0 Å². The zero-order valence-electron chi connectivity index (χ0n) is 13.7. The molecule has 0 bridgehead atoms. The lowest BCUT2D eigenvalue weighted by Crippen LogP contribution is -2.41. The molecule has 0 saturated carbocycles. The number of benzene rings is 2. The van der Waals surface area contributed by atoms with Crippen LogP contribution in [0.2, 0.25) is 5.02 Å². The van der Waals surface area contributed by atoms with Gasteiger partial charge in [0.05, 0.1) is 12.7 Å². The maximum Gasteiger partial charge on any atom is 0.273 e. The zero-order chi connectivity index (χ0) is 18.4. The Labute approximate surface area is 152 Å². The number of hydrazine groups is 1. The van der Waals surface area contributed by atoms with Crippen LogP contribution in [0.5, 0.6) is 5.75 Å². The molecule has 0 aliphatic heterocycles. The highest BCUT2D eigenvalue weighted by Gasteiger charge is 2.14. The van der Waals surface area contributed by atoms with E-state index in [4.69, 9.17) is 16.3 Å². The number of carbonyl (C=O) groups is 2. The highest BCUT2D eigenvalue weighted by molar-refractivity contribution is 7.83. The molecule has 8 heteroatoms. The van der Waals surface area contributed by atoms with Crippen LogP contribution in [0.4, 0.5) is 0 Å². The highest BCUT2D eigenvalue weighted by atomic mass is 35.5. The van der Waals surface area contributed by atoms with Crippen molar-refractivity contribution in [2.45, 2.75) is 5.75 Å². The first-order valence-electron chi connectivity index (χ1n) is 7.24. The number of methoxy groups -OCH3 is 1. The Balaban J connectivity index is 2.06. The molecule has 6 nitrogen and oxygen atoms in total. The monoisotopic (exact) mass is 380 g/mol. The van der Waals surface area contributed by atoms with Crippen molar-refractivity contribution in [1.82, 2.24) is 10.9 Å². The Bertz CT molecular complexity index is 826. The van der Waals surface area contributed by atoms with Crippen LogP contribution in [0.3, 0.4) is 0 Å². The predicted molar refractivity (Wildman–Crippen MR) is 97.1 cm³/mol. The van der Waals surface area contributed by atoms with Gasteiger partial charge in [-0.25, -0.2) is 0 Å². The van der Waals surface area contributed by atoms with Gasteiger partial charge in [0.25, 0.3) is 11.8 Å². The van der Waals surface area contributed by atoms with Crippen molar-refractivity contribution >= 4 is 34.2 Å². The number of halogens is 1. The third kappa shape index (κ3) is 5.30. The van der Waals surface area contributed by atoms with Crippen LogP contribution < -0.4 is 15.6 Å². The Hall–Kier alpha value is -2.38. The molecule has 0 radical (unpaired) electrons. The minimum Gasteiger partial charge on any atom is -0.496 e. The number of amides is 2. The molecular formula is C17H17ClN2O4S. The second-order valence-corrected chi connectivity index (χ2v) is 7.04. The molecule has 0 saturated heterocycles. The van der Waals surface area contributed by atoms with Crippen molar-refractivity contribution in [3.05, 3.63) is 64.2 Å². The van der Waals surface area contributed by atoms with Crippen LogP contribution in [-0.2, 0) is 16.6 Å². The van der Waals surface area contributed by atoms with Gasteiger partial charge in [0.2, 0.25) is 0 Å². The van der Waals surface area contributed by atoms with Gasteiger partial charge in [-0.3, -0.25) is 24.6 Å². The largest absolute Gasteiger partial charge is 0.496 e. The van der Waals surface area contributed by atoms with Crippen molar-refractivity contribution in [1.29, 1.82) is 0 Å². The lowest BCUT2D eigenvalue weighted by Gasteiger charge is -2.11. The van der Waals surface area contributed by atoms with E-state index in [1.165, 1.54) is 13.2 Å². The molecule has 2 amide bonds. The lowest BCUT2D eigenvalue weighted by atomic mass is 10.1. The predicted octanol–water partition coefficient (Wildman–Crippen LogP) is 2.30. The van der Waals surface area contributed by atoms with Gasteiger partial charge in [-0.1, -0.05) is 23.7 Å². The third-order valence-electron chi connectivity index (χ3n) is 3.25. The molecule has 0 fully saturated rings. The van der Waals surface area contributed by atoms with Crippen molar-refractivity contribution < 1.29 is 18.5 Å². The molecule has 2 aromatic carbocycles. The SMILES string of the molecule is COc1ccc(Cl)cc1C(=O)NNC(=O)c1cccc(C[S@](C)=O)c1. The number of carbonyl (C=O) groups excluding carboxylic acids is 2. The maximum absolute atomic E-state index is 12.2. The molecule has 0 unspecified atom stereocenters. The maximum atomic E-state index is 12.2. The summed E-state index contributed by atoms with van der Waals surface area (Å²) >= 11 is 5.89.